The average Bonchev–Trinajstić information content (AvgIpc) is 3.34. The fourth-order valence-corrected chi connectivity index (χ4v) is 4.52. The van der Waals surface area contributed by atoms with Crippen molar-refractivity contribution in [1.82, 2.24) is 15.2 Å². The summed E-state index contributed by atoms with van der Waals surface area (Å²) in [6.45, 7) is 0.492. The minimum atomic E-state index is -0.308. The third kappa shape index (κ3) is 3.76. The molecule has 0 saturated carbocycles. The Labute approximate surface area is 191 Å². The highest BCUT2D eigenvalue weighted by atomic mass is 35.5. The van der Waals surface area contributed by atoms with Gasteiger partial charge in [0.2, 0.25) is 5.91 Å². The average molecular weight is 444 g/mol. The Hall–Kier alpha value is -3.57. The number of fused-ring (bicyclic) bond motifs is 2. The summed E-state index contributed by atoms with van der Waals surface area (Å²) in [5, 5.41) is 4.69. The molecule has 0 unspecified atom stereocenters. The van der Waals surface area contributed by atoms with Gasteiger partial charge in [0.1, 0.15) is 6.54 Å². The van der Waals surface area contributed by atoms with Gasteiger partial charge in [-0.3, -0.25) is 9.59 Å². The van der Waals surface area contributed by atoms with Gasteiger partial charge in [0, 0.05) is 39.8 Å². The van der Waals surface area contributed by atoms with Crippen molar-refractivity contribution >= 4 is 34.3 Å². The van der Waals surface area contributed by atoms with Gasteiger partial charge in [-0.05, 0) is 41.8 Å². The minimum Gasteiger partial charge on any atom is -0.361 e. The van der Waals surface area contributed by atoms with Crippen molar-refractivity contribution in [2.45, 2.75) is 12.5 Å². The smallest absolute Gasteiger partial charge is 0.255 e. The molecular weight excluding hydrogens is 422 g/mol. The maximum absolute atomic E-state index is 13.2. The molecule has 2 heterocycles. The topological polar surface area (TPSA) is 65.2 Å². The highest BCUT2D eigenvalue weighted by molar-refractivity contribution is 6.30. The molecule has 0 saturated heterocycles. The monoisotopic (exact) mass is 443 g/mol. The van der Waals surface area contributed by atoms with Crippen molar-refractivity contribution < 1.29 is 9.59 Å². The Morgan fingerprint density at radius 3 is 2.56 bits per heavy atom. The summed E-state index contributed by atoms with van der Waals surface area (Å²) in [7, 11) is 0. The van der Waals surface area contributed by atoms with E-state index >= 15 is 0 Å². The van der Waals surface area contributed by atoms with E-state index in [2.05, 4.69) is 10.3 Å². The summed E-state index contributed by atoms with van der Waals surface area (Å²) in [5.74, 6) is -0.298. The van der Waals surface area contributed by atoms with Crippen LogP contribution in [0, 0.1) is 0 Å². The predicted octanol–water partition coefficient (Wildman–Crippen LogP) is 4.73. The van der Waals surface area contributed by atoms with Crippen LogP contribution in [0.5, 0.6) is 0 Å². The summed E-state index contributed by atoms with van der Waals surface area (Å²) < 4.78 is 0. The summed E-state index contributed by atoms with van der Waals surface area (Å²) in [5.41, 5.74) is 4.67. The SMILES string of the molecule is O=C(CN1C(=O)c2ccccc2[C@@H]1c1c[nH]c2ccccc12)NCCc1ccc(Cl)cc1. The fourth-order valence-electron chi connectivity index (χ4n) is 4.40. The number of carbonyl (C=O) groups is 2. The Morgan fingerprint density at radius 2 is 1.72 bits per heavy atom. The first kappa shape index (κ1) is 20.3. The molecule has 3 aromatic carbocycles. The highest BCUT2D eigenvalue weighted by Gasteiger charge is 2.39. The molecule has 2 amide bonds. The third-order valence-electron chi connectivity index (χ3n) is 5.94. The van der Waals surface area contributed by atoms with Crippen molar-refractivity contribution in [3.05, 3.63) is 106 Å². The number of benzene rings is 3. The molecule has 0 radical (unpaired) electrons. The molecule has 6 heteroatoms. The zero-order valence-electron chi connectivity index (χ0n) is 17.3. The van der Waals surface area contributed by atoms with Crippen LogP contribution in [0.15, 0.2) is 79.0 Å². The standard InChI is InChI=1S/C26H22ClN3O2/c27-18-11-9-17(10-12-18)13-14-28-24(31)16-30-25(20-6-1-2-7-21(20)26(30)32)22-15-29-23-8-4-3-5-19(22)23/h1-12,15,25,29H,13-14,16H2,(H,28,31)/t25-/m1/s1. The van der Waals surface area contributed by atoms with E-state index in [9.17, 15) is 9.59 Å². The van der Waals surface area contributed by atoms with Crippen molar-refractivity contribution in [2.75, 3.05) is 13.1 Å². The van der Waals surface area contributed by atoms with Gasteiger partial charge in [-0.25, -0.2) is 0 Å². The van der Waals surface area contributed by atoms with E-state index in [1.165, 1.54) is 0 Å². The number of amides is 2. The number of hydrogen-bond acceptors (Lipinski definition) is 2. The maximum atomic E-state index is 13.2. The van der Waals surface area contributed by atoms with Crippen LogP contribution in [0.3, 0.4) is 0 Å². The molecule has 1 atom stereocenters. The lowest BCUT2D eigenvalue weighted by molar-refractivity contribution is -0.122. The quantitative estimate of drug-likeness (QED) is 0.452. The first-order chi connectivity index (χ1) is 15.6. The van der Waals surface area contributed by atoms with Crippen LogP contribution in [-0.2, 0) is 11.2 Å². The number of hydrogen-bond donors (Lipinski definition) is 2. The summed E-state index contributed by atoms with van der Waals surface area (Å²) in [6, 6.07) is 22.9. The summed E-state index contributed by atoms with van der Waals surface area (Å²) >= 11 is 5.93. The van der Waals surface area contributed by atoms with Crippen molar-refractivity contribution in [1.29, 1.82) is 0 Å². The number of halogens is 1. The maximum Gasteiger partial charge on any atom is 0.255 e. The molecule has 2 N–H and O–H groups in total. The highest BCUT2D eigenvalue weighted by Crippen LogP contribution is 2.40. The molecule has 0 fully saturated rings. The second-order valence-electron chi connectivity index (χ2n) is 7.94. The Bertz CT molecular complexity index is 1300. The van der Waals surface area contributed by atoms with E-state index in [0.717, 1.165) is 27.6 Å². The summed E-state index contributed by atoms with van der Waals surface area (Å²) in [4.78, 5) is 31.0. The van der Waals surface area contributed by atoms with Gasteiger partial charge in [0.05, 0.1) is 6.04 Å². The molecule has 32 heavy (non-hydrogen) atoms. The molecule has 1 aliphatic rings. The van der Waals surface area contributed by atoms with Crippen LogP contribution >= 0.6 is 11.6 Å². The van der Waals surface area contributed by atoms with Crippen molar-refractivity contribution in [3.8, 4) is 0 Å². The Balaban J connectivity index is 1.36. The zero-order valence-corrected chi connectivity index (χ0v) is 18.1. The number of H-pyrrole nitrogens is 1. The van der Waals surface area contributed by atoms with Crippen molar-refractivity contribution in [3.63, 3.8) is 0 Å². The lowest BCUT2D eigenvalue weighted by Gasteiger charge is -2.25. The van der Waals surface area contributed by atoms with Crippen LogP contribution in [0.1, 0.15) is 33.1 Å². The number of aromatic amines is 1. The van der Waals surface area contributed by atoms with Gasteiger partial charge in [0.25, 0.3) is 5.91 Å². The molecule has 1 aromatic heterocycles. The van der Waals surface area contributed by atoms with Crippen LogP contribution in [0.2, 0.25) is 5.02 Å². The molecule has 0 spiro atoms. The third-order valence-corrected chi connectivity index (χ3v) is 6.19. The molecule has 160 valence electrons. The number of nitrogens with zero attached hydrogens (tertiary/aromatic N) is 1. The first-order valence-electron chi connectivity index (χ1n) is 10.6. The van der Waals surface area contributed by atoms with E-state index in [-0.39, 0.29) is 24.4 Å². The van der Waals surface area contributed by atoms with Gasteiger partial charge in [-0.15, -0.1) is 0 Å². The van der Waals surface area contributed by atoms with Gasteiger partial charge < -0.3 is 15.2 Å². The predicted molar refractivity (Wildman–Crippen MR) is 126 cm³/mol. The largest absolute Gasteiger partial charge is 0.361 e. The van der Waals surface area contributed by atoms with E-state index in [1.807, 2.05) is 79.0 Å². The Kier molecular flexibility index (Phi) is 5.41. The molecule has 0 aliphatic carbocycles. The number of carbonyl (C=O) groups excluding carboxylic acids is 2. The van der Waals surface area contributed by atoms with Crippen molar-refractivity contribution in [2.24, 2.45) is 0 Å². The number of aromatic nitrogens is 1. The number of rotatable bonds is 6. The lowest BCUT2D eigenvalue weighted by Crippen LogP contribution is -2.40. The first-order valence-corrected chi connectivity index (χ1v) is 11.0. The zero-order chi connectivity index (χ0) is 22.1. The summed E-state index contributed by atoms with van der Waals surface area (Å²) in [6.07, 6.45) is 2.64. The van der Waals surface area contributed by atoms with Crippen LogP contribution in [0.4, 0.5) is 0 Å². The molecule has 4 aromatic rings. The number of nitrogens with one attached hydrogen (secondary N) is 2. The molecule has 5 rings (SSSR count). The lowest BCUT2D eigenvalue weighted by atomic mass is 9.97. The fraction of sp³-hybridized carbons (Fsp3) is 0.154. The van der Waals surface area contributed by atoms with Gasteiger partial charge in [-0.1, -0.05) is 60.1 Å². The van der Waals surface area contributed by atoms with Gasteiger partial charge >= 0.3 is 0 Å². The molecular formula is C26H22ClN3O2. The molecule has 5 nitrogen and oxygen atoms in total. The van der Waals surface area contributed by atoms with Crippen LogP contribution in [0.25, 0.3) is 10.9 Å². The molecule has 0 bridgehead atoms. The Morgan fingerprint density at radius 1 is 0.969 bits per heavy atom. The van der Waals surface area contributed by atoms with E-state index in [1.54, 1.807) is 4.90 Å². The van der Waals surface area contributed by atoms with Crippen LogP contribution in [-0.4, -0.2) is 34.8 Å². The minimum absolute atomic E-state index is 0.00168. The second kappa shape index (κ2) is 8.52. The van der Waals surface area contributed by atoms with Gasteiger partial charge in [0.15, 0.2) is 0 Å². The normalized spacial score (nSPS) is 15.2. The van der Waals surface area contributed by atoms with E-state index in [0.29, 0.717) is 23.6 Å². The number of para-hydroxylation sites is 1. The van der Waals surface area contributed by atoms with Crippen LogP contribution < -0.4 is 5.32 Å². The second-order valence-corrected chi connectivity index (χ2v) is 8.38. The van der Waals surface area contributed by atoms with E-state index in [4.69, 9.17) is 11.6 Å². The van der Waals surface area contributed by atoms with Gasteiger partial charge in [-0.2, -0.15) is 0 Å². The van der Waals surface area contributed by atoms with E-state index < -0.39 is 0 Å². The molecule has 1 aliphatic heterocycles.